The van der Waals surface area contributed by atoms with E-state index in [-0.39, 0.29) is 17.2 Å². The Kier molecular flexibility index (Phi) is 7.36. The first kappa shape index (κ1) is 24.6. The van der Waals surface area contributed by atoms with E-state index in [4.69, 9.17) is 15.7 Å². The SMILES string of the molecule is Cc1cc(Nc2nccn3c(-c4ccc(OCC#N)c(F)c4F)cnc23)ccc1C(=O)NCCCN. The summed E-state index contributed by atoms with van der Waals surface area (Å²) in [6.07, 6.45) is 5.20. The number of ether oxygens (including phenoxy) is 1. The second kappa shape index (κ2) is 10.8. The average molecular weight is 492 g/mol. The van der Waals surface area contributed by atoms with Crippen molar-refractivity contribution in [2.45, 2.75) is 13.3 Å². The molecular weight excluding hydrogens is 468 g/mol. The van der Waals surface area contributed by atoms with Crippen LogP contribution in [0.25, 0.3) is 16.9 Å². The van der Waals surface area contributed by atoms with Crippen molar-refractivity contribution in [2.24, 2.45) is 5.73 Å². The van der Waals surface area contributed by atoms with Crippen LogP contribution in [0.3, 0.4) is 0 Å². The highest BCUT2D eigenvalue weighted by Crippen LogP contribution is 2.31. The van der Waals surface area contributed by atoms with Gasteiger partial charge in [-0.05, 0) is 55.8 Å². The molecule has 1 amide bonds. The van der Waals surface area contributed by atoms with Crippen LogP contribution < -0.4 is 21.1 Å². The first-order valence-corrected chi connectivity index (χ1v) is 11.1. The molecule has 0 bridgehead atoms. The second-order valence-electron chi connectivity index (χ2n) is 7.85. The van der Waals surface area contributed by atoms with Crippen molar-refractivity contribution in [2.75, 3.05) is 25.0 Å². The van der Waals surface area contributed by atoms with Crippen molar-refractivity contribution in [3.63, 3.8) is 0 Å². The lowest BCUT2D eigenvalue weighted by Gasteiger charge is -2.12. The number of imidazole rings is 1. The molecule has 36 heavy (non-hydrogen) atoms. The lowest BCUT2D eigenvalue weighted by molar-refractivity contribution is 0.0953. The molecule has 184 valence electrons. The number of amides is 1. The van der Waals surface area contributed by atoms with Crippen molar-refractivity contribution in [3.8, 4) is 23.1 Å². The van der Waals surface area contributed by atoms with E-state index in [9.17, 15) is 13.6 Å². The second-order valence-corrected chi connectivity index (χ2v) is 7.85. The molecule has 9 nitrogen and oxygen atoms in total. The Morgan fingerprint density at radius 3 is 2.81 bits per heavy atom. The number of hydrogen-bond acceptors (Lipinski definition) is 7. The third kappa shape index (κ3) is 4.94. The van der Waals surface area contributed by atoms with Crippen molar-refractivity contribution in [1.29, 1.82) is 5.26 Å². The Labute approximate surface area is 205 Å². The molecule has 0 saturated carbocycles. The van der Waals surface area contributed by atoms with Crippen molar-refractivity contribution >= 4 is 23.1 Å². The largest absolute Gasteiger partial charge is 0.476 e. The summed E-state index contributed by atoms with van der Waals surface area (Å²) in [7, 11) is 0. The number of carbonyl (C=O) groups excluding carboxylic acids is 1. The molecule has 0 spiro atoms. The highest BCUT2D eigenvalue weighted by Gasteiger charge is 2.19. The molecule has 0 aliphatic heterocycles. The number of nitrogens with two attached hydrogens (primary N) is 1. The summed E-state index contributed by atoms with van der Waals surface area (Å²) in [6.45, 7) is 2.43. The number of hydrogen-bond donors (Lipinski definition) is 3. The first-order valence-electron chi connectivity index (χ1n) is 11.1. The molecule has 4 aromatic rings. The van der Waals surface area contributed by atoms with Gasteiger partial charge in [0, 0.05) is 35.8 Å². The van der Waals surface area contributed by atoms with Crippen LogP contribution in [0.15, 0.2) is 48.9 Å². The molecule has 0 aliphatic carbocycles. The summed E-state index contributed by atoms with van der Waals surface area (Å²) in [5.74, 6) is -2.44. The molecular formula is C25H23F2N7O2. The van der Waals surface area contributed by atoms with Gasteiger partial charge in [0.2, 0.25) is 5.82 Å². The summed E-state index contributed by atoms with van der Waals surface area (Å²) in [5, 5.41) is 14.6. The van der Waals surface area contributed by atoms with Crippen LogP contribution in [-0.2, 0) is 0 Å². The number of rotatable bonds is 9. The van der Waals surface area contributed by atoms with Crippen LogP contribution >= 0.6 is 0 Å². The van der Waals surface area contributed by atoms with E-state index in [1.54, 1.807) is 28.8 Å². The van der Waals surface area contributed by atoms with Crippen LogP contribution in [0.5, 0.6) is 5.75 Å². The maximum Gasteiger partial charge on any atom is 0.251 e. The fraction of sp³-hybridized carbons (Fsp3) is 0.200. The van der Waals surface area contributed by atoms with E-state index < -0.39 is 18.2 Å². The van der Waals surface area contributed by atoms with E-state index in [1.807, 2.05) is 13.0 Å². The lowest BCUT2D eigenvalue weighted by Crippen LogP contribution is -2.26. The predicted molar refractivity (Wildman–Crippen MR) is 130 cm³/mol. The molecule has 4 N–H and O–H groups in total. The summed E-state index contributed by atoms with van der Waals surface area (Å²) >= 11 is 0. The molecule has 0 radical (unpaired) electrons. The van der Waals surface area contributed by atoms with Gasteiger partial charge < -0.3 is 21.1 Å². The van der Waals surface area contributed by atoms with Crippen LogP contribution in [0, 0.1) is 29.9 Å². The number of carbonyl (C=O) groups is 1. The first-order chi connectivity index (χ1) is 17.4. The Hall–Kier alpha value is -4.56. The number of nitrogens with zero attached hydrogens (tertiary/aromatic N) is 4. The minimum Gasteiger partial charge on any atom is -0.476 e. The molecule has 2 heterocycles. The van der Waals surface area contributed by atoms with Gasteiger partial charge >= 0.3 is 0 Å². The summed E-state index contributed by atoms with van der Waals surface area (Å²) in [5.41, 5.74) is 8.11. The number of aryl methyl sites for hydroxylation is 1. The van der Waals surface area contributed by atoms with E-state index in [1.165, 1.54) is 24.5 Å². The zero-order chi connectivity index (χ0) is 25.7. The standard InChI is InChI=1S/C25H23F2N7O2/c1-15-13-16(3-4-17(15)25(35)31-9-2-7-28)33-23-24-32-14-19(34(24)11-10-30-23)18-5-6-20(36-12-8-29)22(27)21(18)26/h3-6,10-11,13-14H,2,7,9,12,28H2,1H3,(H,30,33)(H,31,35). The van der Waals surface area contributed by atoms with Gasteiger partial charge in [-0.3, -0.25) is 9.20 Å². The number of fused-ring (bicyclic) bond motifs is 1. The Bertz CT molecular complexity index is 1460. The summed E-state index contributed by atoms with van der Waals surface area (Å²) < 4.78 is 35.8. The number of nitrogens with one attached hydrogen (secondary N) is 2. The molecule has 0 fully saturated rings. The zero-order valence-electron chi connectivity index (χ0n) is 19.4. The van der Waals surface area contributed by atoms with Gasteiger partial charge in [0.25, 0.3) is 5.91 Å². The van der Waals surface area contributed by atoms with Gasteiger partial charge in [-0.2, -0.15) is 9.65 Å². The maximum atomic E-state index is 14.8. The van der Waals surface area contributed by atoms with E-state index in [0.29, 0.717) is 47.9 Å². The number of nitriles is 1. The smallest absolute Gasteiger partial charge is 0.251 e. The zero-order valence-corrected chi connectivity index (χ0v) is 19.4. The van der Waals surface area contributed by atoms with Gasteiger partial charge in [0.15, 0.2) is 29.6 Å². The molecule has 4 rings (SSSR count). The van der Waals surface area contributed by atoms with E-state index in [0.717, 1.165) is 5.56 Å². The van der Waals surface area contributed by atoms with Crippen LogP contribution in [0.2, 0.25) is 0 Å². The normalized spacial score (nSPS) is 10.8. The number of aromatic nitrogens is 3. The third-order valence-corrected chi connectivity index (χ3v) is 5.44. The van der Waals surface area contributed by atoms with Gasteiger partial charge in [0.05, 0.1) is 11.9 Å². The fourth-order valence-electron chi connectivity index (χ4n) is 3.69. The van der Waals surface area contributed by atoms with Crippen LogP contribution in [0.1, 0.15) is 22.3 Å². The monoisotopic (exact) mass is 491 g/mol. The van der Waals surface area contributed by atoms with Crippen molar-refractivity contribution < 1.29 is 18.3 Å². The minimum absolute atomic E-state index is 0.0256. The number of benzene rings is 2. The highest BCUT2D eigenvalue weighted by molar-refractivity contribution is 5.96. The predicted octanol–water partition coefficient (Wildman–Crippen LogP) is 3.71. The van der Waals surface area contributed by atoms with Crippen molar-refractivity contribution in [3.05, 3.63) is 71.7 Å². The molecule has 0 unspecified atom stereocenters. The maximum absolute atomic E-state index is 14.8. The highest BCUT2D eigenvalue weighted by atomic mass is 19.2. The van der Waals surface area contributed by atoms with Crippen LogP contribution in [-0.4, -0.2) is 40.0 Å². The van der Waals surface area contributed by atoms with Gasteiger partial charge in [-0.1, -0.05) is 0 Å². The average Bonchev–Trinajstić information content (AvgIpc) is 3.30. The molecule has 0 atom stereocenters. The molecule has 11 heteroatoms. The molecule has 0 saturated heterocycles. The topological polar surface area (TPSA) is 130 Å². The van der Waals surface area contributed by atoms with Crippen LogP contribution in [0.4, 0.5) is 20.3 Å². The molecule has 0 aliphatic rings. The fourth-order valence-corrected chi connectivity index (χ4v) is 3.69. The minimum atomic E-state index is -1.19. The Morgan fingerprint density at radius 2 is 2.06 bits per heavy atom. The van der Waals surface area contributed by atoms with Crippen molar-refractivity contribution in [1.82, 2.24) is 19.7 Å². The Morgan fingerprint density at radius 1 is 1.22 bits per heavy atom. The summed E-state index contributed by atoms with van der Waals surface area (Å²) in [4.78, 5) is 21.0. The number of anilines is 2. The third-order valence-electron chi connectivity index (χ3n) is 5.44. The Balaban J connectivity index is 1.61. The molecule has 2 aromatic carbocycles. The van der Waals surface area contributed by atoms with Gasteiger partial charge in [0.1, 0.15) is 6.07 Å². The van der Waals surface area contributed by atoms with E-state index in [2.05, 4.69) is 20.6 Å². The van der Waals surface area contributed by atoms with Gasteiger partial charge in [-0.25, -0.2) is 14.4 Å². The number of halogens is 2. The summed E-state index contributed by atoms with van der Waals surface area (Å²) in [6, 6.07) is 9.60. The van der Waals surface area contributed by atoms with Gasteiger partial charge in [-0.15, -0.1) is 0 Å². The lowest BCUT2D eigenvalue weighted by atomic mass is 10.1. The quantitative estimate of drug-likeness (QED) is 0.304. The van der Waals surface area contributed by atoms with E-state index >= 15 is 0 Å². The molecule has 2 aromatic heterocycles.